The van der Waals surface area contributed by atoms with E-state index in [1.54, 1.807) is 6.07 Å². The van der Waals surface area contributed by atoms with Gasteiger partial charge in [0.15, 0.2) is 17.7 Å². The molecule has 248 valence electrons. The molecule has 0 aliphatic carbocycles. The standard InChI is InChI=1S/C38H44FN3O5/c1-24-21-31-40-30-23-42(31)35(32(24)34(36(43)44)47-37(3,4)5)41-18-16-38(6,17-19-41)45-20-8-7-11-25(2)46-33-28(14-10-15-29(33)39)26-12-9-13-27(30)22-26/h7-10,12-15,21-23,25,34H,11,16-20H2,1-6H3,(H,43,44)/b8-7-/t25-,34-/m0/s1. The second-order valence-electron chi connectivity index (χ2n) is 13.9. The predicted molar refractivity (Wildman–Crippen MR) is 182 cm³/mol. The summed E-state index contributed by atoms with van der Waals surface area (Å²) in [6.07, 6.45) is 6.66. The second-order valence-corrected chi connectivity index (χ2v) is 13.9. The zero-order valence-corrected chi connectivity index (χ0v) is 28.0. The zero-order valence-electron chi connectivity index (χ0n) is 28.0. The lowest BCUT2D eigenvalue weighted by Gasteiger charge is -2.41. The van der Waals surface area contributed by atoms with Gasteiger partial charge in [0.1, 0.15) is 11.5 Å². The number of fused-ring (bicyclic) bond motifs is 7. The number of aromatic nitrogens is 2. The summed E-state index contributed by atoms with van der Waals surface area (Å²) >= 11 is 0. The Bertz CT molecular complexity index is 1820. The van der Waals surface area contributed by atoms with E-state index in [0.717, 1.165) is 35.3 Å². The average molecular weight is 642 g/mol. The first-order valence-corrected chi connectivity index (χ1v) is 16.3. The Morgan fingerprint density at radius 2 is 1.83 bits per heavy atom. The number of carbonyl (C=O) groups is 1. The number of rotatable bonds is 3. The number of halogens is 1. The van der Waals surface area contributed by atoms with Crippen LogP contribution in [-0.4, -0.2) is 57.5 Å². The number of carboxylic acids is 1. The molecule has 2 aromatic heterocycles. The second kappa shape index (κ2) is 12.8. The van der Waals surface area contributed by atoms with Crippen molar-refractivity contribution in [2.24, 2.45) is 0 Å². The summed E-state index contributed by atoms with van der Waals surface area (Å²) in [5.74, 6) is -0.488. The normalized spacial score (nSPS) is 21.7. The van der Waals surface area contributed by atoms with Gasteiger partial charge in [-0.15, -0.1) is 0 Å². The Morgan fingerprint density at radius 3 is 2.55 bits per heavy atom. The highest BCUT2D eigenvalue weighted by molar-refractivity contribution is 5.80. The summed E-state index contributed by atoms with van der Waals surface area (Å²) in [6.45, 7) is 13.4. The number of imidazole rings is 1. The molecule has 0 saturated carbocycles. The molecule has 47 heavy (non-hydrogen) atoms. The van der Waals surface area contributed by atoms with Crippen LogP contribution in [0.3, 0.4) is 0 Å². The molecule has 1 saturated heterocycles. The average Bonchev–Trinajstić information content (AvgIpc) is 3.43. The monoisotopic (exact) mass is 641 g/mol. The molecular weight excluding hydrogens is 597 g/mol. The maximum atomic E-state index is 15.2. The van der Waals surface area contributed by atoms with E-state index in [2.05, 4.69) is 11.8 Å². The van der Waals surface area contributed by atoms with Gasteiger partial charge in [-0.2, -0.15) is 0 Å². The van der Waals surface area contributed by atoms with Crippen molar-refractivity contribution in [3.63, 3.8) is 0 Å². The number of aryl methyl sites for hydroxylation is 1. The fourth-order valence-electron chi connectivity index (χ4n) is 6.51. The van der Waals surface area contributed by atoms with Crippen molar-refractivity contribution in [2.45, 2.75) is 84.2 Å². The van der Waals surface area contributed by atoms with E-state index in [1.165, 1.54) is 6.07 Å². The molecule has 2 atom stereocenters. The quantitative estimate of drug-likeness (QED) is 0.226. The van der Waals surface area contributed by atoms with Crippen LogP contribution in [0, 0.1) is 12.7 Å². The van der Waals surface area contributed by atoms with Crippen LogP contribution in [0.4, 0.5) is 10.2 Å². The molecule has 1 fully saturated rings. The van der Waals surface area contributed by atoms with Crippen LogP contribution < -0.4 is 9.64 Å². The van der Waals surface area contributed by atoms with Crippen molar-refractivity contribution in [3.8, 4) is 28.1 Å². The number of hydrogen-bond donors (Lipinski definition) is 1. The van der Waals surface area contributed by atoms with Crippen LogP contribution >= 0.6 is 0 Å². The van der Waals surface area contributed by atoms with Gasteiger partial charge in [-0.05, 0) is 83.7 Å². The predicted octanol–water partition coefficient (Wildman–Crippen LogP) is 8.16. The molecule has 4 aromatic rings. The van der Waals surface area contributed by atoms with Crippen molar-refractivity contribution in [2.75, 3.05) is 24.6 Å². The molecule has 6 bridgehead atoms. The summed E-state index contributed by atoms with van der Waals surface area (Å²) in [4.78, 5) is 20.1. The fourth-order valence-corrected chi connectivity index (χ4v) is 6.51. The van der Waals surface area contributed by atoms with Crippen LogP contribution in [0.15, 0.2) is 66.9 Å². The van der Waals surface area contributed by atoms with Crippen LogP contribution in [0.25, 0.3) is 28.0 Å². The number of carboxylic acid groups (broad SMARTS) is 1. The van der Waals surface area contributed by atoms with Gasteiger partial charge < -0.3 is 24.2 Å². The Labute approximate surface area is 275 Å². The molecule has 9 heteroatoms. The highest BCUT2D eigenvalue weighted by atomic mass is 19.1. The molecule has 0 amide bonds. The highest BCUT2D eigenvalue weighted by Gasteiger charge is 2.37. The van der Waals surface area contributed by atoms with Gasteiger partial charge in [0, 0.05) is 42.4 Å². The SMILES string of the molecule is Cc1cc2nc3cn2c(c1[C@H](OC(C)(C)C)C(=O)O)N1CCC(C)(CC1)OC/C=C\C[C@H](C)Oc1c(F)cccc1-c1cccc-3c1. The minimum atomic E-state index is -1.18. The molecule has 5 heterocycles. The Balaban J connectivity index is 1.55. The molecule has 8 nitrogen and oxygen atoms in total. The van der Waals surface area contributed by atoms with Crippen LogP contribution in [0.2, 0.25) is 0 Å². The van der Waals surface area contributed by atoms with Crippen molar-refractivity contribution in [1.29, 1.82) is 0 Å². The van der Waals surface area contributed by atoms with Crippen molar-refractivity contribution in [1.82, 2.24) is 9.38 Å². The van der Waals surface area contributed by atoms with Gasteiger partial charge in [0.05, 0.1) is 29.6 Å². The number of piperidine rings is 1. The lowest BCUT2D eigenvalue weighted by atomic mass is 9.92. The summed E-state index contributed by atoms with van der Waals surface area (Å²) in [7, 11) is 0. The summed E-state index contributed by atoms with van der Waals surface area (Å²) in [6, 6.07) is 14.7. The van der Waals surface area contributed by atoms with E-state index in [1.807, 2.05) is 93.8 Å². The Kier molecular flexibility index (Phi) is 8.89. The van der Waals surface area contributed by atoms with Gasteiger partial charge in [0.25, 0.3) is 0 Å². The van der Waals surface area contributed by atoms with E-state index in [9.17, 15) is 9.90 Å². The van der Waals surface area contributed by atoms with Gasteiger partial charge in [-0.1, -0.05) is 42.5 Å². The number of anilines is 1. The van der Waals surface area contributed by atoms with E-state index in [4.69, 9.17) is 19.2 Å². The molecule has 3 aliphatic heterocycles. The Hall–Kier alpha value is -4.21. The Morgan fingerprint density at radius 1 is 1.11 bits per heavy atom. The zero-order chi connectivity index (χ0) is 33.5. The molecule has 0 unspecified atom stereocenters. The lowest BCUT2D eigenvalue weighted by molar-refractivity contribution is -0.160. The van der Waals surface area contributed by atoms with Crippen molar-refractivity contribution in [3.05, 3.63) is 83.8 Å². The molecule has 2 aromatic carbocycles. The molecule has 7 rings (SSSR count). The number of pyridine rings is 1. The fraction of sp³-hybridized carbons (Fsp3) is 0.421. The highest BCUT2D eigenvalue weighted by Crippen LogP contribution is 2.40. The number of para-hydroxylation sites is 1. The minimum absolute atomic E-state index is 0.213. The maximum Gasteiger partial charge on any atom is 0.337 e. The molecule has 0 radical (unpaired) electrons. The summed E-state index contributed by atoms with van der Waals surface area (Å²) in [5, 5.41) is 10.5. The van der Waals surface area contributed by atoms with Crippen LogP contribution in [-0.2, 0) is 14.3 Å². The number of aliphatic carboxylic acids is 1. The van der Waals surface area contributed by atoms with Gasteiger partial charge in [-0.3, -0.25) is 4.40 Å². The molecular formula is C38H44FN3O5. The van der Waals surface area contributed by atoms with Gasteiger partial charge >= 0.3 is 5.97 Å². The van der Waals surface area contributed by atoms with Crippen molar-refractivity contribution < 1.29 is 28.5 Å². The van der Waals surface area contributed by atoms with E-state index in [-0.39, 0.29) is 17.5 Å². The number of hydrogen-bond acceptors (Lipinski definition) is 6. The first-order valence-electron chi connectivity index (χ1n) is 16.3. The van der Waals surface area contributed by atoms with Gasteiger partial charge in [-0.25, -0.2) is 14.2 Å². The van der Waals surface area contributed by atoms with E-state index >= 15 is 4.39 Å². The number of nitrogens with zero attached hydrogens (tertiary/aromatic N) is 3. The van der Waals surface area contributed by atoms with Crippen LogP contribution in [0.5, 0.6) is 5.75 Å². The molecule has 0 spiro atoms. The van der Waals surface area contributed by atoms with E-state index < -0.39 is 23.5 Å². The lowest BCUT2D eigenvalue weighted by Crippen LogP contribution is -2.45. The number of benzene rings is 2. The maximum absolute atomic E-state index is 15.2. The molecule has 1 N–H and O–H groups in total. The third kappa shape index (κ3) is 6.92. The number of ether oxygens (including phenoxy) is 3. The van der Waals surface area contributed by atoms with Crippen LogP contribution in [0.1, 0.15) is 71.1 Å². The topological polar surface area (TPSA) is 85.5 Å². The van der Waals surface area contributed by atoms with Crippen molar-refractivity contribution >= 4 is 17.4 Å². The van der Waals surface area contributed by atoms with Gasteiger partial charge in [0.2, 0.25) is 0 Å². The smallest absolute Gasteiger partial charge is 0.337 e. The largest absolute Gasteiger partial charge is 0.487 e. The third-order valence-corrected chi connectivity index (χ3v) is 8.97. The van der Waals surface area contributed by atoms with E-state index in [0.29, 0.717) is 48.6 Å². The summed E-state index contributed by atoms with van der Waals surface area (Å²) in [5.41, 5.74) is 4.09. The molecule has 3 aliphatic rings. The first kappa shape index (κ1) is 32.7. The first-order chi connectivity index (χ1) is 22.3. The minimum Gasteiger partial charge on any atom is -0.487 e. The summed E-state index contributed by atoms with van der Waals surface area (Å²) < 4.78 is 36.0. The third-order valence-electron chi connectivity index (χ3n) is 8.97.